The van der Waals surface area contributed by atoms with Crippen molar-refractivity contribution in [3.8, 4) is 6.07 Å². The van der Waals surface area contributed by atoms with Crippen LogP contribution in [0.15, 0.2) is 40.9 Å². The normalized spacial score (nSPS) is 18.0. The molecular weight excluding hydrogens is 312 g/mol. The molecule has 1 atom stereocenters. The van der Waals surface area contributed by atoms with Crippen LogP contribution in [0.5, 0.6) is 0 Å². The first-order valence-electron chi connectivity index (χ1n) is 7.49. The van der Waals surface area contributed by atoms with E-state index in [-0.39, 0.29) is 18.3 Å². The van der Waals surface area contributed by atoms with Crippen LogP contribution in [-0.4, -0.2) is 31.5 Å². The summed E-state index contributed by atoms with van der Waals surface area (Å²) in [6.45, 7) is 1.45. The van der Waals surface area contributed by atoms with Gasteiger partial charge in [-0.25, -0.2) is 4.79 Å². The molecule has 0 bridgehead atoms. The van der Waals surface area contributed by atoms with Crippen molar-refractivity contribution in [2.75, 3.05) is 19.5 Å². The average molecular weight is 332 g/mol. The van der Waals surface area contributed by atoms with Crippen LogP contribution < -0.4 is 5.32 Å². The first-order valence-corrected chi connectivity index (χ1v) is 8.72. The molecule has 122 valence electrons. The van der Waals surface area contributed by atoms with E-state index in [1.54, 1.807) is 0 Å². The Balaban J connectivity index is 1.96. The number of carbonyl (C=O) groups is 1. The third-order valence-electron chi connectivity index (χ3n) is 3.47. The molecule has 6 heteroatoms. The van der Waals surface area contributed by atoms with Gasteiger partial charge in [0.2, 0.25) is 0 Å². The summed E-state index contributed by atoms with van der Waals surface area (Å²) in [5.74, 6) is -0.604. The van der Waals surface area contributed by atoms with E-state index in [0.717, 1.165) is 18.4 Å². The number of carbonyl (C=O) groups excluding carboxylic acids is 1. The van der Waals surface area contributed by atoms with Gasteiger partial charge in [-0.05, 0) is 24.7 Å². The van der Waals surface area contributed by atoms with E-state index in [9.17, 15) is 10.1 Å². The van der Waals surface area contributed by atoms with E-state index in [4.69, 9.17) is 9.47 Å². The SMILES string of the molecule is CS/C(NCc1ccccc1)=C(\C#N)C(=O)OCC1CCCO1. The van der Waals surface area contributed by atoms with Crippen LogP contribution in [0, 0.1) is 11.3 Å². The van der Waals surface area contributed by atoms with Gasteiger partial charge in [-0.1, -0.05) is 30.3 Å². The molecule has 1 fully saturated rings. The fourth-order valence-electron chi connectivity index (χ4n) is 2.25. The zero-order chi connectivity index (χ0) is 16.5. The number of esters is 1. The molecule has 0 saturated carbocycles. The molecule has 1 saturated heterocycles. The van der Waals surface area contributed by atoms with Crippen molar-refractivity contribution in [3.63, 3.8) is 0 Å². The average Bonchev–Trinajstić information content (AvgIpc) is 3.11. The van der Waals surface area contributed by atoms with Gasteiger partial charge < -0.3 is 14.8 Å². The van der Waals surface area contributed by atoms with Gasteiger partial charge in [0.1, 0.15) is 12.7 Å². The van der Waals surface area contributed by atoms with Crippen LogP contribution in [-0.2, 0) is 20.8 Å². The fraction of sp³-hybridized carbons (Fsp3) is 0.412. The molecule has 1 N–H and O–H groups in total. The van der Waals surface area contributed by atoms with Crippen molar-refractivity contribution in [1.29, 1.82) is 5.26 Å². The van der Waals surface area contributed by atoms with Crippen LogP contribution >= 0.6 is 11.8 Å². The predicted octanol–water partition coefficient (Wildman–Crippen LogP) is 2.60. The van der Waals surface area contributed by atoms with E-state index in [1.807, 2.05) is 42.7 Å². The van der Waals surface area contributed by atoms with Gasteiger partial charge in [-0.15, -0.1) is 11.8 Å². The Kier molecular flexibility index (Phi) is 6.98. The Morgan fingerprint density at radius 3 is 2.87 bits per heavy atom. The molecule has 0 amide bonds. The minimum atomic E-state index is -0.604. The predicted molar refractivity (Wildman–Crippen MR) is 89.4 cm³/mol. The summed E-state index contributed by atoms with van der Waals surface area (Å²) in [4.78, 5) is 12.1. The van der Waals surface area contributed by atoms with Crippen molar-refractivity contribution >= 4 is 17.7 Å². The lowest BCUT2D eigenvalue weighted by Crippen LogP contribution is -2.21. The van der Waals surface area contributed by atoms with Crippen molar-refractivity contribution < 1.29 is 14.3 Å². The number of benzene rings is 1. The zero-order valence-electron chi connectivity index (χ0n) is 13.1. The summed E-state index contributed by atoms with van der Waals surface area (Å²) in [5.41, 5.74) is 1.08. The van der Waals surface area contributed by atoms with Crippen molar-refractivity contribution in [2.45, 2.75) is 25.5 Å². The lowest BCUT2D eigenvalue weighted by molar-refractivity contribution is -0.141. The second kappa shape index (κ2) is 9.23. The van der Waals surface area contributed by atoms with Crippen LogP contribution in [0.2, 0.25) is 0 Å². The molecule has 23 heavy (non-hydrogen) atoms. The summed E-state index contributed by atoms with van der Waals surface area (Å²) in [5, 5.41) is 12.9. The van der Waals surface area contributed by atoms with Crippen LogP contribution in [0.25, 0.3) is 0 Å². The molecule has 0 spiro atoms. The Bertz CT molecular complexity index is 590. The highest BCUT2D eigenvalue weighted by Crippen LogP contribution is 2.17. The molecule has 1 heterocycles. The minimum absolute atomic E-state index is 0.00595. The maximum atomic E-state index is 12.1. The quantitative estimate of drug-likeness (QED) is 0.470. The molecule has 0 aliphatic carbocycles. The second-order valence-corrected chi connectivity index (χ2v) is 5.91. The van der Waals surface area contributed by atoms with E-state index in [1.165, 1.54) is 11.8 Å². The highest BCUT2D eigenvalue weighted by molar-refractivity contribution is 8.02. The Hall–Kier alpha value is -1.97. The molecule has 1 aromatic rings. The monoisotopic (exact) mass is 332 g/mol. The maximum Gasteiger partial charge on any atom is 0.351 e. The summed E-state index contributed by atoms with van der Waals surface area (Å²) < 4.78 is 10.6. The number of rotatable bonds is 7. The molecule has 5 nitrogen and oxygen atoms in total. The number of thioether (sulfide) groups is 1. The second-order valence-electron chi connectivity index (χ2n) is 5.09. The van der Waals surface area contributed by atoms with Crippen molar-refractivity contribution in [3.05, 3.63) is 46.5 Å². The Morgan fingerprint density at radius 1 is 1.48 bits per heavy atom. The molecule has 2 rings (SSSR count). The number of ether oxygens (including phenoxy) is 2. The fourth-order valence-corrected chi connectivity index (χ4v) is 2.80. The highest BCUT2D eigenvalue weighted by Gasteiger charge is 2.21. The van der Waals surface area contributed by atoms with Gasteiger partial charge in [-0.2, -0.15) is 5.26 Å². The van der Waals surface area contributed by atoms with Gasteiger partial charge in [0.15, 0.2) is 5.57 Å². The summed E-state index contributed by atoms with van der Waals surface area (Å²) in [7, 11) is 0. The standard InChI is InChI=1S/C17H20N2O3S/c1-23-16(19-11-13-6-3-2-4-7-13)15(10-18)17(20)22-12-14-8-5-9-21-14/h2-4,6-7,14,19H,5,8-9,11-12H2,1H3/b16-15+. The Morgan fingerprint density at radius 2 is 2.26 bits per heavy atom. The summed E-state index contributed by atoms with van der Waals surface area (Å²) in [6.07, 6.45) is 3.64. The summed E-state index contributed by atoms with van der Waals surface area (Å²) >= 11 is 1.32. The molecule has 1 aliphatic heterocycles. The van der Waals surface area contributed by atoms with Gasteiger partial charge >= 0.3 is 5.97 Å². The third-order valence-corrected chi connectivity index (χ3v) is 4.22. The molecule has 0 radical (unpaired) electrons. The lowest BCUT2D eigenvalue weighted by atomic mass is 10.2. The topological polar surface area (TPSA) is 71.4 Å². The van der Waals surface area contributed by atoms with Crippen LogP contribution in [0.3, 0.4) is 0 Å². The first kappa shape index (κ1) is 17.4. The number of nitrogens with zero attached hydrogens (tertiary/aromatic N) is 1. The van der Waals surface area contributed by atoms with Gasteiger partial charge in [0, 0.05) is 13.2 Å². The van der Waals surface area contributed by atoms with Crippen LogP contribution in [0.4, 0.5) is 0 Å². The molecular formula is C17H20N2O3S. The smallest absolute Gasteiger partial charge is 0.351 e. The number of hydrogen-bond donors (Lipinski definition) is 1. The Labute approximate surface area is 140 Å². The third kappa shape index (κ3) is 5.31. The number of nitriles is 1. The first-order chi connectivity index (χ1) is 11.2. The number of hydrogen-bond acceptors (Lipinski definition) is 6. The van der Waals surface area contributed by atoms with Gasteiger partial charge in [-0.3, -0.25) is 0 Å². The summed E-state index contributed by atoms with van der Waals surface area (Å²) in [6, 6.07) is 11.7. The van der Waals surface area contributed by atoms with Crippen molar-refractivity contribution in [2.24, 2.45) is 0 Å². The lowest BCUT2D eigenvalue weighted by Gasteiger charge is -2.13. The van der Waals surface area contributed by atoms with Gasteiger partial charge in [0.25, 0.3) is 0 Å². The largest absolute Gasteiger partial charge is 0.459 e. The molecule has 1 unspecified atom stereocenters. The minimum Gasteiger partial charge on any atom is -0.459 e. The van der Waals surface area contributed by atoms with Crippen LogP contribution in [0.1, 0.15) is 18.4 Å². The van der Waals surface area contributed by atoms with E-state index in [0.29, 0.717) is 18.2 Å². The molecule has 1 aromatic carbocycles. The van der Waals surface area contributed by atoms with E-state index in [2.05, 4.69) is 5.32 Å². The van der Waals surface area contributed by atoms with E-state index >= 15 is 0 Å². The zero-order valence-corrected chi connectivity index (χ0v) is 13.9. The number of nitrogens with one attached hydrogen (secondary N) is 1. The van der Waals surface area contributed by atoms with Gasteiger partial charge in [0.05, 0.1) is 11.1 Å². The highest BCUT2D eigenvalue weighted by atomic mass is 32.2. The van der Waals surface area contributed by atoms with Crippen molar-refractivity contribution in [1.82, 2.24) is 5.32 Å². The molecule has 0 aromatic heterocycles. The molecule has 1 aliphatic rings. The van der Waals surface area contributed by atoms with E-state index < -0.39 is 5.97 Å². The maximum absolute atomic E-state index is 12.1.